The summed E-state index contributed by atoms with van der Waals surface area (Å²) in [4.78, 5) is 0. The fourth-order valence-electron chi connectivity index (χ4n) is 3.67. The molecular weight excluding hydrogens is 276 g/mol. The van der Waals surface area contributed by atoms with Crippen molar-refractivity contribution in [3.63, 3.8) is 0 Å². The van der Waals surface area contributed by atoms with E-state index in [1.54, 1.807) is 0 Å². The van der Waals surface area contributed by atoms with Gasteiger partial charge in [-0.25, -0.2) is 0 Å². The summed E-state index contributed by atoms with van der Waals surface area (Å²) >= 11 is 0. The molecule has 0 aliphatic rings. The van der Waals surface area contributed by atoms with Gasteiger partial charge in [0.15, 0.2) is 0 Å². The fourth-order valence-corrected chi connectivity index (χ4v) is 3.67. The van der Waals surface area contributed by atoms with Gasteiger partial charge in [-0.05, 0) is 43.1 Å². The lowest BCUT2D eigenvalue weighted by Gasteiger charge is -2.12. The Morgan fingerprint density at radius 1 is 0.348 bits per heavy atom. The normalized spacial score (nSPS) is 11.1. The summed E-state index contributed by atoms with van der Waals surface area (Å²) in [6, 6.07) is 30.6. The summed E-state index contributed by atoms with van der Waals surface area (Å²) in [7, 11) is 0. The van der Waals surface area contributed by atoms with Crippen LogP contribution in [0.1, 0.15) is 7.43 Å². The Kier molecular flexibility index (Phi) is 3.06. The predicted molar refractivity (Wildman–Crippen MR) is 103 cm³/mol. The molecule has 0 bridgehead atoms. The van der Waals surface area contributed by atoms with Crippen LogP contribution in [0.3, 0.4) is 0 Å². The van der Waals surface area contributed by atoms with E-state index in [2.05, 4.69) is 84.9 Å². The van der Waals surface area contributed by atoms with Crippen molar-refractivity contribution in [2.45, 2.75) is 7.43 Å². The van der Waals surface area contributed by atoms with Gasteiger partial charge in [-0.15, -0.1) is 0 Å². The second-order valence-corrected chi connectivity index (χ2v) is 5.80. The second-order valence-electron chi connectivity index (χ2n) is 5.80. The molecule has 23 heavy (non-hydrogen) atoms. The Morgan fingerprint density at radius 2 is 0.783 bits per heavy atom. The van der Waals surface area contributed by atoms with E-state index in [9.17, 15) is 0 Å². The third kappa shape index (κ3) is 1.85. The molecule has 0 unspecified atom stereocenters. The maximum atomic E-state index is 2.27. The molecule has 0 saturated carbocycles. The second kappa shape index (κ2) is 5.10. The lowest BCUT2D eigenvalue weighted by atomic mass is 9.91. The van der Waals surface area contributed by atoms with Crippen LogP contribution in [0.15, 0.2) is 84.9 Å². The summed E-state index contributed by atoms with van der Waals surface area (Å²) in [6.07, 6.45) is 0. The molecule has 5 rings (SSSR count). The lowest BCUT2D eigenvalue weighted by Crippen LogP contribution is -1.84. The first-order chi connectivity index (χ1) is 10.9. The van der Waals surface area contributed by atoms with Crippen molar-refractivity contribution in [1.29, 1.82) is 0 Å². The zero-order valence-electron chi connectivity index (χ0n) is 12.1. The zero-order valence-corrected chi connectivity index (χ0v) is 12.1. The topological polar surface area (TPSA) is 0 Å². The molecule has 5 aromatic rings. The highest BCUT2D eigenvalue weighted by Crippen LogP contribution is 2.38. The Morgan fingerprint density at radius 3 is 1.43 bits per heavy atom. The van der Waals surface area contributed by atoms with E-state index in [1.807, 2.05) is 0 Å². The zero-order chi connectivity index (χ0) is 14.5. The van der Waals surface area contributed by atoms with Gasteiger partial charge >= 0.3 is 0 Å². The van der Waals surface area contributed by atoms with Crippen LogP contribution in [-0.2, 0) is 0 Å². The van der Waals surface area contributed by atoms with Gasteiger partial charge in [-0.1, -0.05) is 92.4 Å². The first kappa shape index (κ1) is 13.8. The number of fused-ring (bicyclic) bond motifs is 8. The Balaban J connectivity index is 0.00000135. The van der Waals surface area contributed by atoms with Crippen LogP contribution in [0.25, 0.3) is 43.1 Å². The van der Waals surface area contributed by atoms with Crippen molar-refractivity contribution < 1.29 is 0 Å². The van der Waals surface area contributed by atoms with Crippen LogP contribution < -0.4 is 0 Å². The quantitative estimate of drug-likeness (QED) is 0.271. The molecule has 0 N–H and O–H groups in total. The van der Waals surface area contributed by atoms with Crippen molar-refractivity contribution >= 4 is 43.1 Å². The summed E-state index contributed by atoms with van der Waals surface area (Å²) in [5, 5.41) is 10.7. The molecule has 0 fully saturated rings. The molecule has 0 heteroatoms. The van der Waals surface area contributed by atoms with Gasteiger partial charge in [0.1, 0.15) is 0 Å². The largest absolute Gasteiger partial charge is 0.0776 e. The molecule has 0 aromatic heterocycles. The van der Waals surface area contributed by atoms with Crippen LogP contribution >= 0.6 is 0 Å². The minimum atomic E-state index is 0. The van der Waals surface area contributed by atoms with Gasteiger partial charge in [-0.3, -0.25) is 0 Å². The van der Waals surface area contributed by atoms with E-state index < -0.39 is 0 Å². The summed E-state index contributed by atoms with van der Waals surface area (Å²) in [6.45, 7) is 0. The van der Waals surface area contributed by atoms with Gasteiger partial charge in [-0.2, -0.15) is 0 Å². The first-order valence-electron chi connectivity index (χ1n) is 7.64. The molecule has 0 aliphatic carbocycles. The minimum Gasteiger partial charge on any atom is -0.0776 e. The highest BCUT2D eigenvalue weighted by molar-refractivity contribution is 6.31. The highest BCUT2D eigenvalue weighted by atomic mass is 14.1. The molecule has 0 heterocycles. The van der Waals surface area contributed by atoms with E-state index >= 15 is 0 Å². The van der Waals surface area contributed by atoms with Crippen LogP contribution in [0.2, 0.25) is 0 Å². The van der Waals surface area contributed by atoms with Crippen molar-refractivity contribution in [2.75, 3.05) is 0 Å². The van der Waals surface area contributed by atoms with Gasteiger partial charge in [0, 0.05) is 0 Å². The van der Waals surface area contributed by atoms with Gasteiger partial charge in [0.05, 0.1) is 0 Å². The maximum absolute atomic E-state index is 2.27. The van der Waals surface area contributed by atoms with Gasteiger partial charge < -0.3 is 0 Å². The number of benzene rings is 5. The minimum absolute atomic E-state index is 0. The van der Waals surface area contributed by atoms with E-state index in [0.717, 1.165) is 0 Å². The highest BCUT2D eigenvalue weighted by Gasteiger charge is 2.10. The van der Waals surface area contributed by atoms with E-state index in [0.29, 0.717) is 0 Å². The molecular formula is C23H18. The summed E-state index contributed by atoms with van der Waals surface area (Å²) in [5.74, 6) is 0. The van der Waals surface area contributed by atoms with Gasteiger partial charge in [0.2, 0.25) is 0 Å². The van der Waals surface area contributed by atoms with Crippen LogP contribution in [0.4, 0.5) is 0 Å². The summed E-state index contributed by atoms with van der Waals surface area (Å²) < 4.78 is 0. The van der Waals surface area contributed by atoms with Crippen molar-refractivity contribution in [3.05, 3.63) is 84.9 Å². The number of hydrogen-bond donors (Lipinski definition) is 0. The van der Waals surface area contributed by atoms with Crippen molar-refractivity contribution in [1.82, 2.24) is 0 Å². The van der Waals surface area contributed by atoms with Crippen LogP contribution in [0, 0.1) is 0 Å². The fraction of sp³-hybridized carbons (Fsp3) is 0.0435. The molecule has 0 radical (unpaired) electrons. The molecule has 0 nitrogen and oxygen atoms in total. The molecule has 0 aliphatic heterocycles. The molecule has 0 amide bonds. The van der Waals surface area contributed by atoms with Crippen molar-refractivity contribution in [3.8, 4) is 0 Å². The average molecular weight is 294 g/mol. The molecule has 0 spiro atoms. The smallest absolute Gasteiger partial charge is 0.00204 e. The molecule has 0 saturated heterocycles. The Hall–Kier alpha value is -2.86. The molecule has 110 valence electrons. The maximum Gasteiger partial charge on any atom is -0.00204 e. The van der Waals surface area contributed by atoms with E-state index in [1.165, 1.54) is 43.1 Å². The standard InChI is InChI=1S/C22H14.CH4/c1-2-8-16-15(7-1)13-14-21-19-11-4-3-9-17(19)18-10-5-6-12-20(18)22(16)21;/h1-14H;1H4. The molecule has 5 aromatic carbocycles. The van der Waals surface area contributed by atoms with Crippen LogP contribution in [-0.4, -0.2) is 0 Å². The van der Waals surface area contributed by atoms with E-state index in [-0.39, 0.29) is 7.43 Å². The van der Waals surface area contributed by atoms with Crippen LogP contribution in [0.5, 0.6) is 0 Å². The van der Waals surface area contributed by atoms with Crippen molar-refractivity contribution in [2.24, 2.45) is 0 Å². The van der Waals surface area contributed by atoms with Gasteiger partial charge in [0.25, 0.3) is 0 Å². The average Bonchev–Trinajstić information content (AvgIpc) is 2.61. The third-order valence-electron chi connectivity index (χ3n) is 4.63. The Bertz CT molecular complexity index is 1120. The molecule has 0 atom stereocenters. The lowest BCUT2D eigenvalue weighted by molar-refractivity contribution is 1.78. The first-order valence-corrected chi connectivity index (χ1v) is 7.64. The predicted octanol–water partition coefficient (Wildman–Crippen LogP) is 6.94. The monoisotopic (exact) mass is 294 g/mol. The summed E-state index contributed by atoms with van der Waals surface area (Å²) in [5.41, 5.74) is 0. The number of rotatable bonds is 0. The third-order valence-corrected chi connectivity index (χ3v) is 4.63. The Labute approximate surface area is 136 Å². The SMILES string of the molecule is C.c1ccc2c(c1)ccc1c3ccccc3c3ccccc3c21. The van der Waals surface area contributed by atoms with E-state index in [4.69, 9.17) is 0 Å². The number of hydrogen-bond acceptors (Lipinski definition) is 0.